The van der Waals surface area contributed by atoms with E-state index in [4.69, 9.17) is 4.74 Å². The fraction of sp³-hybridized carbons (Fsp3) is 0.0556. The van der Waals surface area contributed by atoms with E-state index in [1.165, 1.54) is 0 Å². The van der Waals surface area contributed by atoms with Gasteiger partial charge in [0.05, 0.1) is 19.0 Å². The lowest BCUT2D eigenvalue weighted by Gasteiger charge is -2.00. The van der Waals surface area contributed by atoms with Crippen LogP contribution in [-0.2, 0) is 0 Å². The van der Waals surface area contributed by atoms with Crippen molar-refractivity contribution in [1.29, 1.82) is 0 Å². The Bertz CT molecular complexity index is 903. The number of hydrogen-bond donors (Lipinski definition) is 2. The molecule has 2 N–H and O–H groups in total. The lowest BCUT2D eigenvalue weighted by atomic mass is 10.1. The summed E-state index contributed by atoms with van der Waals surface area (Å²) in [4.78, 5) is 12.1. The van der Waals surface area contributed by atoms with Gasteiger partial charge in [-0.3, -0.25) is 9.89 Å². The molecule has 0 fully saturated rings. The van der Waals surface area contributed by atoms with E-state index < -0.39 is 0 Å². The van der Waals surface area contributed by atoms with Gasteiger partial charge < -0.3 is 4.74 Å². The lowest BCUT2D eigenvalue weighted by molar-refractivity contribution is 0.0950. The molecule has 7 heteroatoms. The van der Waals surface area contributed by atoms with Crippen molar-refractivity contribution in [2.45, 2.75) is 0 Å². The van der Waals surface area contributed by atoms with E-state index in [0.29, 0.717) is 11.4 Å². The first-order chi connectivity index (χ1) is 12.2. The van der Waals surface area contributed by atoms with Gasteiger partial charge in [-0.15, -0.1) is 0 Å². The number of hydrogen-bond acceptors (Lipinski definition) is 4. The summed E-state index contributed by atoms with van der Waals surface area (Å²) in [5.74, 6) is 0.359. The Morgan fingerprint density at radius 3 is 2.80 bits per heavy atom. The number of aromatic nitrogens is 2. The minimum absolute atomic E-state index is 0.334. The van der Waals surface area contributed by atoms with Crippen molar-refractivity contribution in [3.63, 3.8) is 0 Å². The Morgan fingerprint density at radius 1 is 1.24 bits per heavy atom. The molecule has 6 nitrogen and oxygen atoms in total. The Hall–Kier alpha value is -2.93. The zero-order valence-corrected chi connectivity index (χ0v) is 14.9. The average molecular weight is 399 g/mol. The van der Waals surface area contributed by atoms with Crippen LogP contribution in [0.1, 0.15) is 16.1 Å². The zero-order chi connectivity index (χ0) is 17.6. The van der Waals surface area contributed by atoms with E-state index in [9.17, 15) is 4.79 Å². The predicted molar refractivity (Wildman–Crippen MR) is 99.8 cm³/mol. The Morgan fingerprint density at radius 2 is 2.04 bits per heavy atom. The molecule has 0 saturated heterocycles. The van der Waals surface area contributed by atoms with Crippen LogP contribution in [0.5, 0.6) is 5.75 Å². The highest BCUT2D eigenvalue weighted by Crippen LogP contribution is 2.20. The molecule has 0 saturated carbocycles. The van der Waals surface area contributed by atoms with Gasteiger partial charge in [-0.05, 0) is 35.9 Å². The normalized spacial score (nSPS) is 10.8. The minimum Gasteiger partial charge on any atom is -0.497 e. The summed E-state index contributed by atoms with van der Waals surface area (Å²) in [5, 5.41) is 10.8. The number of amides is 1. The highest BCUT2D eigenvalue weighted by atomic mass is 79.9. The van der Waals surface area contributed by atoms with E-state index >= 15 is 0 Å². The number of methoxy groups -OCH3 is 1. The van der Waals surface area contributed by atoms with E-state index in [1.807, 2.05) is 48.5 Å². The summed E-state index contributed by atoms with van der Waals surface area (Å²) < 4.78 is 6.12. The molecule has 2 aromatic carbocycles. The van der Waals surface area contributed by atoms with Crippen molar-refractivity contribution < 1.29 is 9.53 Å². The summed E-state index contributed by atoms with van der Waals surface area (Å²) in [6.45, 7) is 0. The maximum atomic E-state index is 12.1. The predicted octanol–water partition coefficient (Wildman–Crippen LogP) is 3.61. The number of aromatic amines is 1. The number of rotatable bonds is 5. The molecular weight excluding hydrogens is 384 g/mol. The van der Waals surface area contributed by atoms with Crippen LogP contribution in [0.4, 0.5) is 0 Å². The van der Waals surface area contributed by atoms with E-state index in [-0.39, 0.29) is 5.91 Å². The Kier molecular flexibility index (Phi) is 5.25. The van der Waals surface area contributed by atoms with Crippen molar-refractivity contribution in [2.24, 2.45) is 5.10 Å². The fourth-order valence-corrected chi connectivity index (χ4v) is 2.42. The first kappa shape index (κ1) is 16.9. The molecule has 0 spiro atoms. The highest BCUT2D eigenvalue weighted by molar-refractivity contribution is 9.10. The fourth-order valence-electron chi connectivity index (χ4n) is 2.15. The third-order valence-electron chi connectivity index (χ3n) is 3.44. The lowest BCUT2D eigenvalue weighted by Crippen LogP contribution is -2.18. The summed E-state index contributed by atoms with van der Waals surface area (Å²) in [7, 11) is 1.60. The van der Waals surface area contributed by atoms with Gasteiger partial charge in [0, 0.05) is 10.0 Å². The number of nitrogens with one attached hydrogen (secondary N) is 2. The number of nitrogens with zero attached hydrogens (tertiary/aromatic N) is 2. The number of carbonyl (C=O) groups excluding carboxylic acids is 1. The number of benzene rings is 2. The molecule has 0 bridgehead atoms. The first-order valence-electron chi connectivity index (χ1n) is 7.44. The molecule has 1 amide bonds. The molecule has 0 aliphatic carbocycles. The Labute approximate surface area is 153 Å². The van der Waals surface area contributed by atoms with Crippen LogP contribution >= 0.6 is 15.9 Å². The van der Waals surface area contributed by atoms with Gasteiger partial charge in [0.15, 0.2) is 0 Å². The van der Waals surface area contributed by atoms with E-state index in [2.05, 4.69) is 36.7 Å². The molecule has 0 aliphatic rings. The van der Waals surface area contributed by atoms with E-state index in [1.54, 1.807) is 19.4 Å². The number of halogens is 1. The van der Waals surface area contributed by atoms with Crippen molar-refractivity contribution in [2.75, 3.05) is 7.11 Å². The van der Waals surface area contributed by atoms with Gasteiger partial charge >= 0.3 is 0 Å². The molecule has 1 aromatic heterocycles. The van der Waals surface area contributed by atoms with Crippen molar-refractivity contribution in [1.82, 2.24) is 15.6 Å². The van der Waals surface area contributed by atoms with Crippen LogP contribution < -0.4 is 10.2 Å². The first-order valence-corrected chi connectivity index (χ1v) is 8.24. The molecule has 25 heavy (non-hydrogen) atoms. The van der Waals surface area contributed by atoms with Gasteiger partial charge in [-0.1, -0.05) is 40.2 Å². The number of ether oxygens (including phenoxy) is 1. The SMILES string of the molecule is COc1cccc(C=NNC(=O)c2cc(-c3ccc(Br)cc3)n[nH]2)c1. The summed E-state index contributed by atoms with van der Waals surface area (Å²) in [5.41, 5.74) is 5.23. The zero-order valence-electron chi connectivity index (χ0n) is 13.4. The van der Waals surface area contributed by atoms with Gasteiger partial charge in [-0.25, -0.2) is 5.43 Å². The monoisotopic (exact) mass is 398 g/mol. The average Bonchev–Trinajstić information content (AvgIpc) is 3.12. The highest BCUT2D eigenvalue weighted by Gasteiger charge is 2.10. The molecule has 0 aliphatic heterocycles. The largest absolute Gasteiger partial charge is 0.497 e. The number of H-pyrrole nitrogens is 1. The third-order valence-corrected chi connectivity index (χ3v) is 3.96. The van der Waals surface area contributed by atoms with Crippen LogP contribution in [0, 0.1) is 0 Å². The smallest absolute Gasteiger partial charge is 0.289 e. The molecule has 1 heterocycles. The van der Waals surface area contributed by atoms with Crippen LogP contribution in [0.15, 0.2) is 64.2 Å². The third kappa shape index (κ3) is 4.33. The van der Waals surface area contributed by atoms with Crippen LogP contribution in [0.3, 0.4) is 0 Å². The van der Waals surface area contributed by atoms with Gasteiger partial charge in [0.2, 0.25) is 0 Å². The molecular formula is C18H15BrN4O2. The molecule has 0 radical (unpaired) electrons. The second-order valence-corrected chi connectivity index (χ2v) is 6.07. The van der Waals surface area contributed by atoms with Crippen molar-refractivity contribution >= 4 is 28.1 Å². The van der Waals surface area contributed by atoms with Crippen LogP contribution in [-0.4, -0.2) is 29.4 Å². The minimum atomic E-state index is -0.366. The molecule has 0 unspecified atom stereocenters. The standard InChI is InChI=1S/C18H15BrN4O2/c1-25-15-4-2-3-12(9-15)11-20-23-18(24)17-10-16(21-22-17)13-5-7-14(19)8-6-13/h2-11H,1H3,(H,21,22)(H,23,24). The molecule has 3 aromatic rings. The molecule has 126 valence electrons. The Balaban J connectivity index is 1.65. The van der Waals surface area contributed by atoms with Crippen LogP contribution in [0.2, 0.25) is 0 Å². The van der Waals surface area contributed by atoms with Gasteiger partial charge in [0.25, 0.3) is 5.91 Å². The summed E-state index contributed by atoms with van der Waals surface area (Å²) in [6, 6.07) is 16.7. The molecule has 3 rings (SSSR count). The quantitative estimate of drug-likeness (QED) is 0.508. The molecule has 0 atom stereocenters. The second-order valence-electron chi connectivity index (χ2n) is 5.15. The number of hydrazone groups is 1. The second kappa shape index (κ2) is 7.76. The number of carbonyl (C=O) groups is 1. The summed E-state index contributed by atoms with van der Waals surface area (Å²) in [6.07, 6.45) is 1.55. The maximum Gasteiger partial charge on any atom is 0.289 e. The topological polar surface area (TPSA) is 79.4 Å². The van der Waals surface area contributed by atoms with E-state index in [0.717, 1.165) is 21.3 Å². The van der Waals surface area contributed by atoms with Gasteiger partial charge in [-0.2, -0.15) is 10.2 Å². The maximum absolute atomic E-state index is 12.1. The van der Waals surface area contributed by atoms with Crippen LogP contribution in [0.25, 0.3) is 11.3 Å². The van der Waals surface area contributed by atoms with Crippen molar-refractivity contribution in [3.05, 3.63) is 70.3 Å². The summed E-state index contributed by atoms with van der Waals surface area (Å²) >= 11 is 3.39. The van der Waals surface area contributed by atoms with Gasteiger partial charge in [0.1, 0.15) is 11.4 Å². The van der Waals surface area contributed by atoms with Crippen molar-refractivity contribution in [3.8, 4) is 17.0 Å².